The minimum Gasteiger partial charge on any atom is -0.394 e. The number of hydrogen-bond donors (Lipinski definition) is 3. The summed E-state index contributed by atoms with van der Waals surface area (Å²) in [5, 5.41) is 27.0. The van der Waals surface area contributed by atoms with E-state index >= 15 is 0 Å². The van der Waals surface area contributed by atoms with Crippen molar-refractivity contribution in [2.75, 3.05) is 6.61 Å². The largest absolute Gasteiger partial charge is 0.394 e. The SMILES string of the molecule is OCC1OC(O)C2OC2C1O. The van der Waals surface area contributed by atoms with Crippen molar-refractivity contribution in [3.05, 3.63) is 0 Å². The van der Waals surface area contributed by atoms with Crippen LogP contribution in [-0.4, -0.2) is 52.6 Å². The molecular weight excluding hydrogens is 152 g/mol. The second-order valence-corrected chi connectivity index (χ2v) is 2.80. The highest BCUT2D eigenvalue weighted by Gasteiger charge is 2.56. The van der Waals surface area contributed by atoms with E-state index in [1.165, 1.54) is 0 Å². The van der Waals surface area contributed by atoms with Crippen LogP contribution in [0.5, 0.6) is 0 Å². The maximum absolute atomic E-state index is 9.28. The lowest BCUT2D eigenvalue weighted by molar-refractivity contribution is -0.194. The van der Waals surface area contributed by atoms with Gasteiger partial charge in [0.25, 0.3) is 0 Å². The molecule has 5 heteroatoms. The summed E-state index contributed by atoms with van der Waals surface area (Å²) in [5.41, 5.74) is 0. The van der Waals surface area contributed by atoms with Gasteiger partial charge in [-0.1, -0.05) is 0 Å². The molecule has 5 unspecified atom stereocenters. The van der Waals surface area contributed by atoms with E-state index in [0.29, 0.717) is 0 Å². The summed E-state index contributed by atoms with van der Waals surface area (Å²) in [7, 11) is 0. The number of aliphatic hydroxyl groups is 3. The molecule has 2 fully saturated rings. The van der Waals surface area contributed by atoms with Gasteiger partial charge in [0.2, 0.25) is 0 Å². The maximum atomic E-state index is 9.28. The molecule has 0 radical (unpaired) electrons. The third-order valence-corrected chi connectivity index (χ3v) is 2.05. The van der Waals surface area contributed by atoms with Crippen LogP contribution in [0.25, 0.3) is 0 Å². The van der Waals surface area contributed by atoms with E-state index in [1.54, 1.807) is 0 Å². The molecule has 0 bridgehead atoms. The van der Waals surface area contributed by atoms with Gasteiger partial charge in [-0.05, 0) is 0 Å². The molecule has 64 valence electrons. The van der Waals surface area contributed by atoms with Gasteiger partial charge in [0, 0.05) is 0 Å². The van der Waals surface area contributed by atoms with Gasteiger partial charge in [0.05, 0.1) is 6.61 Å². The number of epoxide rings is 1. The monoisotopic (exact) mass is 162 g/mol. The Balaban J connectivity index is 2.02. The first-order valence-electron chi connectivity index (χ1n) is 3.52. The van der Waals surface area contributed by atoms with Gasteiger partial charge < -0.3 is 24.8 Å². The molecule has 2 saturated heterocycles. The Bertz CT molecular complexity index is 161. The van der Waals surface area contributed by atoms with E-state index in [2.05, 4.69) is 0 Å². The van der Waals surface area contributed by atoms with Crippen LogP contribution < -0.4 is 0 Å². The van der Waals surface area contributed by atoms with E-state index in [1.807, 2.05) is 0 Å². The fourth-order valence-corrected chi connectivity index (χ4v) is 1.34. The van der Waals surface area contributed by atoms with Gasteiger partial charge in [-0.2, -0.15) is 0 Å². The maximum Gasteiger partial charge on any atom is 0.184 e. The molecule has 11 heavy (non-hydrogen) atoms. The van der Waals surface area contributed by atoms with Crippen molar-refractivity contribution in [1.82, 2.24) is 0 Å². The minimum absolute atomic E-state index is 0.301. The third-order valence-electron chi connectivity index (χ3n) is 2.05. The van der Waals surface area contributed by atoms with E-state index in [4.69, 9.17) is 19.7 Å². The average Bonchev–Trinajstić information content (AvgIpc) is 2.75. The normalized spacial score (nSPS) is 55.4. The molecule has 2 heterocycles. The molecule has 2 aliphatic rings. The van der Waals surface area contributed by atoms with Crippen molar-refractivity contribution in [2.24, 2.45) is 0 Å². The fourth-order valence-electron chi connectivity index (χ4n) is 1.34. The average molecular weight is 162 g/mol. The van der Waals surface area contributed by atoms with Crippen molar-refractivity contribution in [2.45, 2.75) is 30.7 Å². The molecule has 2 rings (SSSR count). The zero-order valence-electron chi connectivity index (χ0n) is 5.75. The smallest absolute Gasteiger partial charge is 0.184 e. The van der Waals surface area contributed by atoms with Crippen molar-refractivity contribution in [3.63, 3.8) is 0 Å². The molecule has 5 nitrogen and oxygen atoms in total. The van der Waals surface area contributed by atoms with Crippen LogP contribution in [0.1, 0.15) is 0 Å². The van der Waals surface area contributed by atoms with Crippen LogP contribution in [0.15, 0.2) is 0 Å². The zero-order chi connectivity index (χ0) is 8.01. The standard InChI is InChI=1S/C6H10O5/c7-1-2-3(8)4-5(11-4)6(9)10-2/h2-9H,1H2. The van der Waals surface area contributed by atoms with Gasteiger partial charge in [-0.25, -0.2) is 0 Å². The molecule has 0 spiro atoms. The van der Waals surface area contributed by atoms with Crippen LogP contribution in [0.3, 0.4) is 0 Å². The number of fused-ring (bicyclic) bond motifs is 1. The molecular formula is C6H10O5. The first-order valence-corrected chi connectivity index (χ1v) is 3.52. The second kappa shape index (κ2) is 2.40. The van der Waals surface area contributed by atoms with Crippen molar-refractivity contribution >= 4 is 0 Å². The summed E-state index contributed by atoms with van der Waals surface area (Å²) >= 11 is 0. The van der Waals surface area contributed by atoms with Crippen LogP contribution in [0, 0.1) is 0 Å². The molecule has 0 aromatic carbocycles. The van der Waals surface area contributed by atoms with Gasteiger partial charge >= 0.3 is 0 Å². The molecule has 0 saturated carbocycles. The Hall–Kier alpha value is -0.200. The Morgan fingerprint density at radius 1 is 1.09 bits per heavy atom. The first kappa shape index (κ1) is 7.45. The van der Waals surface area contributed by atoms with Crippen molar-refractivity contribution in [3.8, 4) is 0 Å². The predicted molar refractivity (Wildman–Crippen MR) is 32.6 cm³/mol. The summed E-state index contributed by atoms with van der Waals surface area (Å²) < 4.78 is 9.73. The summed E-state index contributed by atoms with van der Waals surface area (Å²) in [6.45, 7) is -0.301. The van der Waals surface area contributed by atoms with E-state index in [-0.39, 0.29) is 12.7 Å². The van der Waals surface area contributed by atoms with Crippen molar-refractivity contribution in [1.29, 1.82) is 0 Å². The lowest BCUT2D eigenvalue weighted by Gasteiger charge is -2.26. The zero-order valence-corrected chi connectivity index (χ0v) is 5.75. The number of hydrogen-bond acceptors (Lipinski definition) is 5. The topological polar surface area (TPSA) is 82.5 Å². The minimum atomic E-state index is -0.999. The molecule has 0 aromatic rings. The quantitative estimate of drug-likeness (QED) is 0.382. The molecule has 3 N–H and O–H groups in total. The first-order chi connectivity index (χ1) is 5.24. The fraction of sp³-hybridized carbons (Fsp3) is 1.00. The number of ether oxygens (including phenoxy) is 2. The summed E-state index contributed by atoms with van der Waals surface area (Å²) in [4.78, 5) is 0. The highest BCUT2D eigenvalue weighted by molar-refractivity contribution is 4.99. The second-order valence-electron chi connectivity index (χ2n) is 2.80. The highest BCUT2D eigenvalue weighted by Crippen LogP contribution is 2.36. The molecule has 0 aliphatic carbocycles. The highest BCUT2D eigenvalue weighted by atomic mass is 16.7. The van der Waals surface area contributed by atoms with Crippen molar-refractivity contribution < 1.29 is 24.8 Å². The van der Waals surface area contributed by atoms with E-state index < -0.39 is 24.6 Å². The summed E-state index contributed by atoms with van der Waals surface area (Å²) in [5.74, 6) is 0. The Morgan fingerprint density at radius 2 is 1.82 bits per heavy atom. The lowest BCUT2D eigenvalue weighted by Crippen LogP contribution is -2.46. The molecule has 5 atom stereocenters. The summed E-state index contributed by atoms with van der Waals surface area (Å²) in [6, 6.07) is 0. The van der Waals surface area contributed by atoms with Crippen LogP contribution in [-0.2, 0) is 9.47 Å². The van der Waals surface area contributed by atoms with E-state index in [9.17, 15) is 5.11 Å². The number of rotatable bonds is 1. The van der Waals surface area contributed by atoms with E-state index in [0.717, 1.165) is 0 Å². The summed E-state index contributed by atoms with van der Waals surface area (Å²) in [6.07, 6.45) is -3.27. The molecule has 0 amide bonds. The lowest BCUT2D eigenvalue weighted by atomic mass is 10.1. The Labute approximate surface area is 63.2 Å². The van der Waals surface area contributed by atoms with Gasteiger partial charge in [0.1, 0.15) is 24.4 Å². The molecule has 2 aliphatic heterocycles. The predicted octanol–water partition coefficient (Wildman–Crippen LogP) is -2.18. The van der Waals surface area contributed by atoms with Crippen LogP contribution >= 0.6 is 0 Å². The van der Waals surface area contributed by atoms with Gasteiger partial charge in [-0.15, -0.1) is 0 Å². The van der Waals surface area contributed by atoms with Gasteiger partial charge in [-0.3, -0.25) is 0 Å². The van der Waals surface area contributed by atoms with Gasteiger partial charge in [0.15, 0.2) is 6.29 Å². The Kier molecular flexibility index (Phi) is 1.62. The number of aliphatic hydroxyl groups excluding tert-OH is 3. The third kappa shape index (κ3) is 1.05. The van der Waals surface area contributed by atoms with Crippen LogP contribution in [0.4, 0.5) is 0 Å². The van der Waals surface area contributed by atoms with Crippen LogP contribution in [0.2, 0.25) is 0 Å². The Morgan fingerprint density at radius 3 is 2.45 bits per heavy atom. The molecule has 0 aromatic heterocycles.